The minimum absolute atomic E-state index is 0.129. The molecule has 0 spiro atoms. The highest BCUT2D eigenvalue weighted by Gasteiger charge is 2.27. The fourth-order valence-corrected chi connectivity index (χ4v) is 1.00. The first kappa shape index (κ1) is 9.89. The van der Waals surface area contributed by atoms with Gasteiger partial charge in [0.2, 0.25) is 0 Å². The number of carbonyl (C=O) groups is 1. The highest BCUT2D eigenvalue weighted by molar-refractivity contribution is 6.02. The lowest BCUT2D eigenvalue weighted by Gasteiger charge is -2.20. The summed E-state index contributed by atoms with van der Waals surface area (Å²) in [5.41, 5.74) is 1.65. The van der Waals surface area contributed by atoms with Gasteiger partial charge in [0.1, 0.15) is 5.54 Å². The van der Waals surface area contributed by atoms with Crippen molar-refractivity contribution in [3.8, 4) is 0 Å². The molecule has 0 bridgehead atoms. The number of rotatable bonds is 3. The molecule has 0 aliphatic rings. The maximum atomic E-state index is 11.7. The molecule has 0 saturated carbocycles. The lowest BCUT2D eigenvalue weighted by atomic mass is 9.94. The lowest BCUT2D eigenvalue weighted by Crippen LogP contribution is -2.44. The molecule has 1 rings (SSSR count). The van der Waals surface area contributed by atoms with Gasteiger partial charge >= 0.3 is 0 Å². The van der Waals surface area contributed by atoms with Crippen LogP contribution in [0.5, 0.6) is 0 Å². The molecule has 0 heterocycles. The van der Waals surface area contributed by atoms with Gasteiger partial charge in [0.05, 0.1) is 0 Å². The molecule has 3 heteroatoms. The summed E-state index contributed by atoms with van der Waals surface area (Å²) in [7, 11) is 0. The second-order valence-corrected chi connectivity index (χ2v) is 3.43. The monoisotopic (exact) mass is 179 g/mol. The Morgan fingerprint density at radius 3 is 2.31 bits per heavy atom. The fraction of sp³-hybridized carbons (Fsp3) is 0.300. The number of carbonyl (C=O) groups excluding carboxylic acids is 1. The number of hydrogen-bond donors (Lipinski definition) is 2. The van der Waals surface area contributed by atoms with Crippen molar-refractivity contribution in [2.45, 2.75) is 19.4 Å². The molecule has 1 aromatic carbocycles. The third kappa shape index (κ3) is 2.14. The topological polar surface area (TPSA) is 49.3 Å². The highest BCUT2D eigenvalue weighted by Crippen LogP contribution is 2.11. The van der Waals surface area contributed by atoms with Crippen molar-refractivity contribution >= 4 is 5.78 Å². The maximum absolute atomic E-state index is 11.7. The zero-order valence-corrected chi connectivity index (χ0v) is 7.74. The molecule has 70 valence electrons. The molecule has 0 saturated heterocycles. The Balaban J connectivity index is 2.93. The molecular weight excluding hydrogens is 166 g/mol. The van der Waals surface area contributed by atoms with Crippen molar-refractivity contribution in [1.29, 1.82) is 0 Å². The van der Waals surface area contributed by atoms with E-state index in [0.29, 0.717) is 5.56 Å². The van der Waals surface area contributed by atoms with E-state index in [1.165, 1.54) is 0 Å². The van der Waals surface area contributed by atoms with Crippen molar-refractivity contribution in [2.75, 3.05) is 0 Å². The standard InChI is InChI=1S/C10H13NO2/c1-10(2,11-13)9(12)8-6-4-3-5-7-8/h3-7,11,13H,1-2H3. The molecule has 1 aromatic rings. The summed E-state index contributed by atoms with van der Waals surface area (Å²) in [6, 6.07) is 8.88. The molecule has 0 aliphatic carbocycles. The minimum Gasteiger partial charge on any atom is -0.316 e. The average Bonchev–Trinajstić information content (AvgIpc) is 2.18. The molecule has 13 heavy (non-hydrogen) atoms. The zero-order chi connectivity index (χ0) is 9.90. The minimum atomic E-state index is -0.929. The summed E-state index contributed by atoms with van der Waals surface area (Å²) in [6.07, 6.45) is 0. The van der Waals surface area contributed by atoms with Gasteiger partial charge in [-0.15, -0.1) is 0 Å². The summed E-state index contributed by atoms with van der Waals surface area (Å²) < 4.78 is 0. The first-order chi connectivity index (χ1) is 6.08. The number of benzene rings is 1. The quantitative estimate of drug-likeness (QED) is 0.547. The Labute approximate surface area is 77.4 Å². The normalized spacial score (nSPS) is 11.3. The summed E-state index contributed by atoms with van der Waals surface area (Å²) in [5.74, 6) is -0.129. The second kappa shape index (κ2) is 3.68. The number of ketones is 1. The van der Waals surface area contributed by atoms with Gasteiger partial charge in [-0.05, 0) is 13.8 Å². The van der Waals surface area contributed by atoms with Gasteiger partial charge in [-0.2, -0.15) is 5.48 Å². The van der Waals surface area contributed by atoms with Crippen LogP contribution in [0, 0.1) is 0 Å². The predicted molar refractivity (Wildman–Crippen MR) is 49.8 cm³/mol. The van der Waals surface area contributed by atoms with Crippen LogP contribution in [0.15, 0.2) is 30.3 Å². The van der Waals surface area contributed by atoms with E-state index >= 15 is 0 Å². The van der Waals surface area contributed by atoms with E-state index in [0.717, 1.165) is 0 Å². The SMILES string of the molecule is CC(C)(NO)C(=O)c1ccccc1. The van der Waals surface area contributed by atoms with Crippen LogP contribution in [0.2, 0.25) is 0 Å². The van der Waals surface area contributed by atoms with Gasteiger partial charge in [0.15, 0.2) is 5.78 Å². The van der Waals surface area contributed by atoms with E-state index in [2.05, 4.69) is 0 Å². The first-order valence-corrected chi connectivity index (χ1v) is 4.09. The molecule has 0 radical (unpaired) electrons. The van der Waals surface area contributed by atoms with Crippen LogP contribution in [-0.2, 0) is 0 Å². The van der Waals surface area contributed by atoms with Crippen molar-refractivity contribution < 1.29 is 10.0 Å². The Bertz CT molecular complexity index is 293. The van der Waals surface area contributed by atoms with Gasteiger partial charge in [-0.1, -0.05) is 30.3 Å². The van der Waals surface area contributed by atoms with Crippen molar-refractivity contribution in [3.05, 3.63) is 35.9 Å². The summed E-state index contributed by atoms with van der Waals surface area (Å²) in [5, 5.41) is 8.75. The Hall–Kier alpha value is -1.19. The molecule has 2 N–H and O–H groups in total. The molecule has 0 aliphatic heterocycles. The van der Waals surface area contributed by atoms with Crippen LogP contribution in [0.3, 0.4) is 0 Å². The third-order valence-corrected chi connectivity index (χ3v) is 1.88. The smallest absolute Gasteiger partial charge is 0.184 e. The summed E-state index contributed by atoms with van der Waals surface area (Å²) in [6.45, 7) is 3.25. The van der Waals surface area contributed by atoms with E-state index in [-0.39, 0.29) is 5.78 Å². The van der Waals surface area contributed by atoms with Gasteiger partial charge in [0.25, 0.3) is 0 Å². The van der Waals surface area contributed by atoms with Crippen LogP contribution in [0.25, 0.3) is 0 Å². The van der Waals surface area contributed by atoms with Crippen molar-refractivity contribution in [2.24, 2.45) is 0 Å². The van der Waals surface area contributed by atoms with E-state index in [4.69, 9.17) is 5.21 Å². The van der Waals surface area contributed by atoms with E-state index in [1.54, 1.807) is 38.1 Å². The van der Waals surface area contributed by atoms with E-state index < -0.39 is 5.54 Å². The van der Waals surface area contributed by atoms with Crippen molar-refractivity contribution in [1.82, 2.24) is 5.48 Å². The number of hydroxylamine groups is 1. The first-order valence-electron chi connectivity index (χ1n) is 4.09. The molecule has 0 fully saturated rings. The molecule has 0 amide bonds. The number of Topliss-reactive ketones (excluding diaryl/α,β-unsaturated/α-hetero) is 1. The summed E-state index contributed by atoms with van der Waals surface area (Å²) >= 11 is 0. The average molecular weight is 179 g/mol. The Morgan fingerprint density at radius 1 is 1.31 bits per heavy atom. The highest BCUT2D eigenvalue weighted by atomic mass is 16.5. The Morgan fingerprint density at radius 2 is 1.85 bits per heavy atom. The molecule has 0 aromatic heterocycles. The number of hydrogen-bond acceptors (Lipinski definition) is 3. The number of nitrogens with one attached hydrogen (secondary N) is 1. The molecule has 3 nitrogen and oxygen atoms in total. The van der Waals surface area contributed by atoms with E-state index in [1.807, 2.05) is 11.5 Å². The zero-order valence-electron chi connectivity index (χ0n) is 7.74. The molecular formula is C10H13NO2. The predicted octanol–water partition coefficient (Wildman–Crippen LogP) is 1.63. The van der Waals surface area contributed by atoms with Gasteiger partial charge in [-0.3, -0.25) is 4.79 Å². The van der Waals surface area contributed by atoms with Gasteiger partial charge in [0, 0.05) is 5.56 Å². The maximum Gasteiger partial charge on any atom is 0.184 e. The third-order valence-electron chi connectivity index (χ3n) is 1.88. The van der Waals surface area contributed by atoms with Crippen LogP contribution < -0.4 is 5.48 Å². The lowest BCUT2D eigenvalue weighted by molar-refractivity contribution is 0.0569. The van der Waals surface area contributed by atoms with Crippen LogP contribution in [0.1, 0.15) is 24.2 Å². The van der Waals surface area contributed by atoms with Gasteiger partial charge in [-0.25, -0.2) is 0 Å². The second-order valence-electron chi connectivity index (χ2n) is 3.43. The van der Waals surface area contributed by atoms with Crippen LogP contribution in [0.4, 0.5) is 0 Å². The Kier molecular flexibility index (Phi) is 2.80. The van der Waals surface area contributed by atoms with Crippen LogP contribution in [-0.4, -0.2) is 16.5 Å². The van der Waals surface area contributed by atoms with E-state index in [9.17, 15) is 4.79 Å². The summed E-state index contributed by atoms with van der Waals surface area (Å²) in [4.78, 5) is 11.7. The molecule has 0 unspecified atom stereocenters. The van der Waals surface area contributed by atoms with Crippen LogP contribution >= 0.6 is 0 Å². The van der Waals surface area contributed by atoms with Gasteiger partial charge < -0.3 is 5.21 Å². The fourth-order valence-electron chi connectivity index (χ4n) is 1.00. The molecule has 0 atom stereocenters. The van der Waals surface area contributed by atoms with Crippen molar-refractivity contribution in [3.63, 3.8) is 0 Å². The largest absolute Gasteiger partial charge is 0.316 e.